The first-order valence-electron chi connectivity index (χ1n) is 9.20. The molecular weight excluding hydrogens is 372 g/mol. The molecule has 144 valence electrons. The molecule has 0 saturated carbocycles. The van der Waals surface area contributed by atoms with E-state index in [1.807, 2.05) is 57.2 Å². The Balaban J connectivity index is 1.60. The molecule has 4 rings (SSSR count). The Morgan fingerprint density at radius 3 is 2.54 bits per heavy atom. The number of rotatable bonds is 4. The molecule has 0 fully saturated rings. The van der Waals surface area contributed by atoms with Gasteiger partial charge in [0.25, 0.3) is 10.0 Å². The fraction of sp³-hybridized carbons (Fsp3) is 0.227. The Bertz CT molecular complexity index is 1200. The van der Waals surface area contributed by atoms with Gasteiger partial charge in [0.1, 0.15) is 6.54 Å². The lowest BCUT2D eigenvalue weighted by molar-refractivity contribution is -0.120. The smallest absolute Gasteiger partial charge is 0.265 e. The number of anilines is 1. The second-order valence-corrected chi connectivity index (χ2v) is 9.12. The molecule has 1 aliphatic rings. The summed E-state index contributed by atoms with van der Waals surface area (Å²) in [6, 6.07) is 16.5. The van der Waals surface area contributed by atoms with E-state index in [1.165, 1.54) is 4.31 Å². The zero-order valence-corrected chi connectivity index (χ0v) is 16.9. The molecule has 1 atom stereocenters. The first kappa shape index (κ1) is 18.5. The van der Waals surface area contributed by atoms with Gasteiger partial charge in [-0.15, -0.1) is 0 Å². The van der Waals surface area contributed by atoms with Crippen LogP contribution in [-0.4, -0.2) is 20.9 Å². The highest BCUT2D eigenvalue weighted by molar-refractivity contribution is 7.93. The van der Waals surface area contributed by atoms with Crippen LogP contribution in [0.15, 0.2) is 59.5 Å². The molecule has 6 heteroatoms. The number of benzene rings is 3. The quantitative estimate of drug-likeness (QED) is 0.731. The molecule has 1 aliphatic heterocycles. The van der Waals surface area contributed by atoms with Crippen molar-refractivity contribution in [1.29, 1.82) is 0 Å². The Morgan fingerprint density at radius 1 is 1.07 bits per heavy atom. The van der Waals surface area contributed by atoms with Gasteiger partial charge < -0.3 is 5.32 Å². The Hall–Kier alpha value is -2.86. The van der Waals surface area contributed by atoms with Crippen LogP contribution in [0.5, 0.6) is 0 Å². The third-order valence-corrected chi connectivity index (χ3v) is 7.05. The van der Waals surface area contributed by atoms with Crippen molar-refractivity contribution >= 4 is 32.4 Å². The highest BCUT2D eigenvalue weighted by Crippen LogP contribution is 2.41. The van der Waals surface area contributed by atoms with Crippen LogP contribution in [0.2, 0.25) is 0 Å². The van der Waals surface area contributed by atoms with Crippen molar-refractivity contribution in [3.63, 3.8) is 0 Å². The first-order chi connectivity index (χ1) is 13.3. The van der Waals surface area contributed by atoms with Gasteiger partial charge in [-0.25, -0.2) is 8.42 Å². The lowest BCUT2D eigenvalue weighted by Gasteiger charge is -2.21. The van der Waals surface area contributed by atoms with E-state index in [-0.39, 0.29) is 23.4 Å². The van der Waals surface area contributed by atoms with Crippen molar-refractivity contribution in [2.45, 2.75) is 31.7 Å². The molecule has 0 saturated heterocycles. The normalized spacial score (nSPS) is 15.6. The molecule has 0 radical (unpaired) electrons. The van der Waals surface area contributed by atoms with Crippen LogP contribution >= 0.6 is 0 Å². The van der Waals surface area contributed by atoms with Gasteiger partial charge in [0, 0.05) is 5.39 Å². The maximum absolute atomic E-state index is 13.0. The highest BCUT2D eigenvalue weighted by atomic mass is 32.2. The topological polar surface area (TPSA) is 66.5 Å². The predicted molar refractivity (Wildman–Crippen MR) is 111 cm³/mol. The molecule has 1 amide bonds. The van der Waals surface area contributed by atoms with Crippen molar-refractivity contribution in [2.75, 3.05) is 10.8 Å². The monoisotopic (exact) mass is 394 g/mol. The Labute approximate surface area is 165 Å². The summed E-state index contributed by atoms with van der Waals surface area (Å²) in [7, 11) is -3.74. The minimum absolute atomic E-state index is 0.212. The summed E-state index contributed by atoms with van der Waals surface area (Å²) in [5.74, 6) is -0.332. The maximum Gasteiger partial charge on any atom is 0.265 e. The van der Waals surface area contributed by atoms with Crippen LogP contribution in [0, 0.1) is 13.8 Å². The molecule has 0 spiro atoms. The zero-order valence-electron chi connectivity index (χ0n) is 16.1. The number of nitrogens with one attached hydrogen (secondary N) is 1. The third kappa shape index (κ3) is 2.94. The molecule has 1 N–H and O–H groups in total. The number of aryl methyl sites for hydroxylation is 2. The number of carbonyl (C=O) groups is 1. The number of carbonyl (C=O) groups excluding carboxylic acids is 1. The molecular formula is C22H22N2O3S. The molecule has 1 heterocycles. The number of nitrogens with zero attached hydrogens (tertiary/aromatic N) is 1. The summed E-state index contributed by atoms with van der Waals surface area (Å²) in [5.41, 5.74) is 3.79. The van der Waals surface area contributed by atoms with Crippen LogP contribution in [0.1, 0.15) is 29.7 Å². The predicted octanol–water partition coefficient (Wildman–Crippen LogP) is 3.84. The fourth-order valence-corrected chi connectivity index (χ4v) is 5.52. The van der Waals surface area contributed by atoms with Crippen molar-refractivity contribution in [3.8, 4) is 0 Å². The number of hydrogen-bond acceptors (Lipinski definition) is 3. The largest absolute Gasteiger partial charge is 0.348 e. The standard InChI is InChI=1S/C22H22N2O3S/c1-14-10-11-15(2)18(12-14)16(3)23-21(25)13-24-19-8-4-6-17-7-5-9-20(22(17)19)28(24,26)27/h4-12,16H,13H2,1-3H3,(H,23,25)/t16-/m0/s1. The molecule has 3 aromatic carbocycles. The van der Waals surface area contributed by atoms with Crippen LogP contribution in [0.25, 0.3) is 10.8 Å². The molecule has 5 nitrogen and oxygen atoms in total. The average Bonchev–Trinajstić information content (AvgIpc) is 2.87. The number of hydrogen-bond donors (Lipinski definition) is 1. The lowest BCUT2D eigenvalue weighted by Crippen LogP contribution is -2.40. The van der Waals surface area contributed by atoms with Gasteiger partial charge in [-0.3, -0.25) is 9.10 Å². The lowest BCUT2D eigenvalue weighted by atomic mass is 10.00. The van der Waals surface area contributed by atoms with Gasteiger partial charge in [0.15, 0.2) is 0 Å². The van der Waals surface area contributed by atoms with Crippen molar-refractivity contribution in [3.05, 3.63) is 71.3 Å². The first-order valence-corrected chi connectivity index (χ1v) is 10.6. The SMILES string of the molecule is Cc1ccc(C)c([C@H](C)NC(=O)CN2c3cccc4cccc(c34)S2(=O)=O)c1. The van der Waals surface area contributed by atoms with E-state index in [2.05, 4.69) is 5.32 Å². The van der Waals surface area contributed by atoms with E-state index in [0.29, 0.717) is 11.1 Å². The van der Waals surface area contributed by atoms with E-state index in [9.17, 15) is 13.2 Å². The Kier molecular flexibility index (Phi) is 4.38. The summed E-state index contributed by atoms with van der Waals surface area (Å²) >= 11 is 0. The summed E-state index contributed by atoms with van der Waals surface area (Å²) in [6.07, 6.45) is 0. The minimum Gasteiger partial charge on any atom is -0.348 e. The van der Waals surface area contributed by atoms with Crippen molar-refractivity contribution in [2.24, 2.45) is 0 Å². The van der Waals surface area contributed by atoms with E-state index in [4.69, 9.17) is 0 Å². The molecule has 0 aliphatic carbocycles. The van der Waals surface area contributed by atoms with Gasteiger partial charge in [0.05, 0.1) is 16.6 Å². The number of amides is 1. The molecule has 0 aromatic heterocycles. The van der Waals surface area contributed by atoms with Crippen molar-refractivity contribution in [1.82, 2.24) is 5.32 Å². The summed E-state index contributed by atoms with van der Waals surface area (Å²) in [6.45, 7) is 5.67. The third-order valence-electron chi connectivity index (χ3n) is 5.25. The summed E-state index contributed by atoms with van der Waals surface area (Å²) in [4.78, 5) is 13.0. The van der Waals surface area contributed by atoms with Gasteiger partial charge in [0.2, 0.25) is 5.91 Å². The van der Waals surface area contributed by atoms with Crippen LogP contribution in [0.4, 0.5) is 5.69 Å². The molecule has 3 aromatic rings. The highest BCUT2D eigenvalue weighted by Gasteiger charge is 2.36. The van der Waals surface area contributed by atoms with Crippen LogP contribution in [0.3, 0.4) is 0 Å². The second-order valence-electron chi connectivity index (χ2n) is 7.29. The molecule has 28 heavy (non-hydrogen) atoms. The van der Waals surface area contributed by atoms with E-state index < -0.39 is 10.0 Å². The van der Waals surface area contributed by atoms with E-state index in [1.54, 1.807) is 18.2 Å². The molecule has 0 bridgehead atoms. The van der Waals surface area contributed by atoms with Crippen LogP contribution < -0.4 is 9.62 Å². The average molecular weight is 394 g/mol. The second kappa shape index (κ2) is 6.63. The van der Waals surface area contributed by atoms with Crippen molar-refractivity contribution < 1.29 is 13.2 Å². The van der Waals surface area contributed by atoms with Gasteiger partial charge in [-0.1, -0.05) is 48.0 Å². The molecule has 0 unspecified atom stereocenters. The summed E-state index contributed by atoms with van der Waals surface area (Å²) < 4.78 is 27.2. The van der Waals surface area contributed by atoms with Crippen LogP contribution in [-0.2, 0) is 14.8 Å². The fourth-order valence-electron chi connectivity index (χ4n) is 3.85. The summed E-state index contributed by atoms with van der Waals surface area (Å²) in [5, 5.41) is 4.48. The van der Waals surface area contributed by atoms with Gasteiger partial charge in [-0.05, 0) is 49.4 Å². The van der Waals surface area contributed by atoms with Gasteiger partial charge in [-0.2, -0.15) is 0 Å². The van der Waals surface area contributed by atoms with E-state index >= 15 is 0 Å². The van der Waals surface area contributed by atoms with E-state index in [0.717, 1.165) is 22.1 Å². The zero-order chi connectivity index (χ0) is 20.1. The van der Waals surface area contributed by atoms with Gasteiger partial charge >= 0.3 is 0 Å². The maximum atomic E-state index is 13.0. The minimum atomic E-state index is -3.74. The Morgan fingerprint density at radius 2 is 1.79 bits per heavy atom. The number of sulfonamides is 1.